The van der Waals surface area contributed by atoms with E-state index in [4.69, 9.17) is 5.73 Å². The molecule has 5 nitrogen and oxygen atoms in total. The molecule has 1 aromatic carbocycles. The van der Waals surface area contributed by atoms with Gasteiger partial charge in [-0.05, 0) is 49.9 Å². The fourth-order valence-corrected chi connectivity index (χ4v) is 2.63. The Labute approximate surface area is 125 Å². The zero-order valence-corrected chi connectivity index (χ0v) is 12.5. The fourth-order valence-electron chi connectivity index (χ4n) is 2.63. The Morgan fingerprint density at radius 1 is 1.19 bits per heavy atom. The van der Waals surface area contributed by atoms with Gasteiger partial charge in [-0.2, -0.15) is 0 Å². The zero-order chi connectivity index (χ0) is 15.2. The lowest BCUT2D eigenvalue weighted by atomic mass is 10.1. The molecule has 2 rings (SSSR count). The summed E-state index contributed by atoms with van der Waals surface area (Å²) < 4.78 is 0. The lowest BCUT2D eigenvalue weighted by Crippen LogP contribution is -2.37. The number of benzene rings is 1. The standard InChI is InChI=1S/C16H23N3O2/c1-12-9-13(11-14(17)10-12)16(21)18-6-5-15(20)19-7-3-2-4-8-19/h9-11H,2-8,17H2,1H3,(H,18,21). The molecule has 21 heavy (non-hydrogen) atoms. The van der Waals surface area contributed by atoms with Crippen LogP contribution in [-0.4, -0.2) is 36.3 Å². The molecule has 0 radical (unpaired) electrons. The SMILES string of the molecule is Cc1cc(N)cc(C(=O)NCCC(=O)N2CCCCC2)c1. The summed E-state index contributed by atoms with van der Waals surface area (Å²) in [7, 11) is 0. The van der Waals surface area contributed by atoms with E-state index in [1.165, 1.54) is 6.42 Å². The van der Waals surface area contributed by atoms with Crippen molar-refractivity contribution in [2.24, 2.45) is 0 Å². The van der Waals surface area contributed by atoms with Gasteiger partial charge in [0.15, 0.2) is 0 Å². The third-order valence-corrected chi connectivity index (χ3v) is 3.70. The molecular weight excluding hydrogens is 266 g/mol. The third-order valence-electron chi connectivity index (χ3n) is 3.70. The first kappa shape index (κ1) is 15.4. The molecule has 114 valence electrons. The number of piperidine rings is 1. The van der Waals surface area contributed by atoms with E-state index in [9.17, 15) is 9.59 Å². The molecule has 0 spiro atoms. The average Bonchev–Trinajstić information content (AvgIpc) is 2.47. The number of nitrogens with one attached hydrogen (secondary N) is 1. The number of rotatable bonds is 4. The van der Waals surface area contributed by atoms with Crippen LogP contribution in [0.4, 0.5) is 5.69 Å². The second kappa shape index (κ2) is 7.11. The number of aryl methyl sites for hydroxylation is 1. The summed E-state index contributed by atoms with van der Waals surface area (Å²) in [6.45, 7) is 3.96. The van der Waals surface area contributed by atoms with Gasteiger partial charge in [0.2, 0.25) is 5.91 Å². The number of amides is 2. The number of nitrogens with two attached hydrogens (primary N) is 1. The lowest BCUT2D eigenvalue weighted by Gasteiger charge is -2.26. The van der Waals surface area contributed by atoms with E-state index in [0.717, 1.165) is 31.5 Å². The van der Waals surface area contributed by atoms with E-state index in [1.807, 2.05) is 17.9 Å². The number of nitrogen functional groups attached to an aromatic ring is 1. The Bertz CT molecular complexity index is 502. The van der Waals surface area contributed by atoms with Gasteiger partial charge in [0.05, 0.1) is 0 Å². The van der Waals surface area contributed by atoms with E-state index in [1.54, 1.807) is 12.1 Å². The molecule has 0 unspecified atom stereocenters. The monoisotopic (exact) mass is 289 g/mol. The highest BCUT2D eigenvalue weighted by Gasteiger charge is 2.16. The first-order valence-electron chi connectivity index (χ1n) is 7.49. The Morgan fingerprint density at radius 2 is 1.90 bits per heavy atom. The van der Waals surface area contributed by atoms with E-state index in [2.05, 4.69) is 5.32 Å². The molecule has 1 aliphatic rings. The maximum Gasteiger partial charge on any atom is 0.251 e. The van der Waals surface area contributed by atoms with Crippen molar-refractivity contribution in [3.05, 3.63) is 29.3 Å². The molecule has 1 aromatic rings. The summed E-state index contributed by atoms with van der Waals surface area (Å²) in [6.07, 6.45) is 3.73. The van der Waals surface area contributed by atoms with Crippen LogP contribution >= 0.6 is 0 Å². The summed E-state index contributed by atoms with van der Waals surface area (Å²) in [6, 6.07) is 5.25. The Balaban J connectivity index is 1.79. The quantitative estimate of drug-likeness (QED) is 0.829. The maximum atomic E-state index is 12.0. The van der Waals surface area contributed by atoms with Crippen molar-refractivity contribution in [2.75, 3.05) is 25.4 Å². The van der Waals surface area contributed by atoms with Gasteiger partial charge in [0.1, 0.15) is 0 Å². The van der Waals surface area contributed by atoms with Crippen LogP contribution in [0, 0.1) is 6.92 Å². The zero-order valence-electron chi connectivity index (χ0n) is 12.5. The summed E-state index contributed by atoms with van der Waals surface area (Å²) in [5.74, 6) is -0.0596. The summed E-state index contributed by atoms with van der Waals surface area (Å²) >= 11 is 0. The molecule has 1 heterocycles. The van der Waals surface area contributed by atoms with E-state index >= 15 is 0 Å². The van der Waals surface area contributed by atoms with Crippen LogP contribution in [0.2, 0.25) is 0 Å². The second-order valence-corrected chi connectivity index (χ2v) is 5.58. The fraction of sp³-hybridized carbons (Fsp3) is 0.500. The van der Waals surface area contributed by atoms with E-state index < -0.39 is 0 Å². The molecule has 1 saturated heterocycles. The molecule has 0 atom stereocenters. The van der Waals surface area contributed by atoms with Crippen LogP contribution in [0.5, 0.6) is 0 Å². The molecule has 1 fully saturated rings. The van der Waals surface area contributed by atoms with Gasteiger partial charge < -0.3 is 16.0 Å². The topological polar surface area (TPSA) is 75.4 Å². The van der Waals surface area contributed by atoms with Crippen LogP contribution in [-0.2, 0) is 4.79 Å². The van der Waals surface area contributed by atoms with Crippen molar-refractivity contribution >= 4 is 17.5 Å². The largest absolute Gasteiger partial charge is 0.399 e. The Morgan fingerprint density at radius 3 is 2.57 bits per heavy atom. The minimum atomic E-state index is -0.183. The first-order valence-corrected chi connectivity index (χ1v) is 7.49. The van der Waals surface area contributed by atoms with Crippen molar-refractivity contribution in [3.63, 3.8) is 0 Å². The van der Waals surface area contributed by atoms with Gasteiger partial charge in [0.25, 0.3) is 5.91 Å². The van der Waals surface area contributed by atoms with Crippen LogP contribution in [0.25, 0.3) is 0 Å². The van der Waals surface area contributed by atoms with Crippen LogP contribution in [0.3, 0.4) is 0 Å². The normalized spacial score (nSPS) is 14.8. The minimum absolute atomic E-state index is 0.124. The van der Waals surface area contributed by atoms with Crippen LogP contribution in [0.1, 0.15) is 41.6 Å². The summed E-state index contributed by atoms with van der Waals surface area (Å²) in [5.41, 5.74) is 7.79. The molecule has 0 aromatic heterocycles. The molecule has 0 saturated carbocycles. The first-order chi connectivity index (χ1) is 10.1. The smallest absolute Gasteiger partial charge is 0.251 e. The predicted molar refractivity (Wildman–Crippen MR) is 83.0 cm³/mol. The van der Waals surface area contributed by atoms with Gasteiger partial charge >= 0.3 is 0 Å². The molecule has 3 N–H and O–H groups in total. The number of anilines is 1. The number of hydrogen-bond donors (Lipinski definition) is 2. The Kier molecular flexibility index (Phi) is 5.20. The van der Waals surface area contributed by atoms with E-state index in [-0.39, 0.29) is 11.8 Å². The van der Waals surface area contributed by atoms with Crippen molar-refractivity contribution in [1.29, 1.82) is 0 Å². The molecule has 2 amide bonds. The van der Waals surface area contributed by atoms with Crippen molar-refractivity contribution in [2.45, 2.75) is 32.6 Å². The van der Waals surface area contributed by atoms with Gasteiger partial charge in [-0.3, -0.25) is 9.59 Å². The van der Waals surface area contributed by atoms with Crippen molar-refractivity contribution < 1.29 is 9.59 Å². The van der Waals surface area contributed by atoms with Gasteiger partial charge in [0, 0.05) is 37.3 Å². The van der Waals surface area contributed by atoms with Crippen molar-refractivity contribution in [3.8, 4) is 0 Å². The highest BCUT2D eigenvalue weighted by atomic mass is 16.2. The minimum Gasteiger partial charge on any atom is -0.399 e. The molecule has 0 bridgehead atoms. The molecule has 5 heteroatoms. The van der Waals surface area contributed by atoms with Gasteiger partial charge in [-0.15, -0.1) is 0 Å². The highest BCUT2D eigenvalue weighted by molar-refractivity contribution is 5.95. The maximum absolute atomic E-state index is 12.0. The molecular formula is C16H23N3O2. The second-order valence-electron chi connectivity index (χ2n) is 5.58. The van der Waals surface area contributed by atoms with Gasteiger partial charge in [-0.1, -0.05) is 0 Å². The lowest BCUT2D eigenvalue weighted by molar-refractivity contribution is -0.131. The number of hydrogen-bond acceptors (Lipinski definition) is 3. The Hall–Kier alpha value is -2.04. The van der Waals surface area contributed by atoms with Gasteiger partial charge in [-0.25, -0.2) is 0 Å². The summed E-state index contributed by atoms with van der Waals surface area (Å²) in [4.78, 5) is 25.9. The number of carbonyl (C=O) groups is 2. The summed E-state index contributed by atoms with van der Waals surface area (Å²) in [5, 5.41) is 2.78. The predicted octanol–water partition coefficient (Wildman–Crippen LogP) is 1.71. The van der Waals surface area contributed by atoms with Crippen molar-refractivity contribution in [1.82, 2.24) is 10.2 Å². The van der Waals surface area contributed by atoms with Crippen LogP contribution in [0.15, 0.2) is 18.2 Å². The third kappa shape index (κ3) is 4.48. The molecule has 1 aliphatic heterocycles. The van der Waals surface area contributed by atoms with E-state index in [0.29, 0.717) is 24.2 Å². The van der Waals surface area contributed by atoms with Crippen LogP contribution < -0.4 is 11.1 Å². The number of carbonyl (C=O) groups excluding carboxylic acids is 2. The number of nitrogens with zero attached hydrogens (tertiary/aromatic N) is 1. The average molecular weight is 289 g/mol. The molecule has 0 aliphatic carbocycles. The number of likely N-dealkylation sites (tertiary alicyclic amines) is 1. The highest BCUT2D eigenvalue weighted by Crippen LogP contribution is 2.11.